The SMILES string of the molecule is CC(C)c1ccccc1N1C(=O)CSC1c1ccc(NC(=O)c2cccs2)cc1. The highest BCUT2D eigenvalue weighted by molar-refractivity contribution is 8.00. The van der Waals surface area contributed by atoms with E-state index < -0.39 is 0 Å². The van der Waals surface area contributed by atoms with E-state index in [0.717, 1.165) is 16.9 Å². The second-order valence-electron chi connectivity index (χ2n) is 7.19. The topological polar surface area (TPSA) is 49.4 Å². The molecule has 1 unspecified atom stereocenters. The van der Waals surface area contributed by atoms with Crippen LogP contribution in [0.2, 0.25) is 0 Å². The van der Waals surface area contributed by atoms with Gasteiger partial charge in [-0.2, -0.15) is 0 Å². The molecule has 1 N–H and O–H groups in total. The minimum absolute atomic E-state index is 0.0653. The molecule has 2 amide bonds. The fourth-order valence-electron chi connectivity index (χ4n) is 3.46. The number of thiophene rings is 1. The summed E-state index contributed by atoms with van der Waals surface area (Å²) >= 11 is 3.05. The molecule has 0 aliphatic carbocycles. The molecule has 3 aromatic rings. The molecule has 0 bridgehead atoms. The van der Waals surface area contributed by atoms with E-state index in [1.807, 2.05) is 58.8 Å². The molecule has 0 radical (unpaired) electrons. The number of carbonyl (C=O) groups excluding carboxylic acids is 2. The second-order valence-corrected chi connectivity index (χ2v) is 9.21. The number of carbonyl (C=O) groups is 2. The Bertz CT molecular complexity index is 1010. The van der Waals surface area contributed by atoms with E-state index in [2.05, 4.69) is 25.2 Å². The molecule has 0 spiro atoms. The third-order valence-corrected chi connectivity index (χ3v) is 6.97. The van der Waals surface area contributed by atoms with Gasteiger partial charge in [0, 0.05) is 11.4 Å². The first-order chi connectivity index (χ1) is 14.0. The average Bonchev–Trinajstić information content (AvgIpc) is 3.38. The molecule has 29 heavy (non-hydrogen) atoms. The largest absolute Gasteiger partial charge is 0.321 e. The highest BCUT2D eigenvalue weighted by Crippen LogP contribution is 2.44. The maximum Gasteiger partial charge on any atom is 0.265 e. The third kappa shape index (κ3) is 4.09. The normalized spacial score (nSPS) is 16.4. The highest BCUT2D eigenvalue weighted by atomic mass is 32.2. The Labute approximate surface area is 178 Å². The number of hydrogen-bond acceptors (Lipinski definition) is 4. The van der Waals surface area contributed by atoms with Crippen LogP contribution in [-0.4, -0.2) is 17.6 Å². The lowest BCUT2D eigenvalue weighted by molar-refractivity contribution is -0.115. The van der Waals surface area contributed by atoms with Gasteiger partial charge in [-0.1, -0.05) is 50.2 Å². The van der Waals surface area contributed by atoms with Gasteiger partial charge in [-0.25, -0.2) is 0 Å². The quantitative estimate of drug-likeness (QED) is 0.557. The summed E-state index contributed by atoms with van der Waals surface area (Å²) in [5.74, 6) is 0.822. The van der Waals surface area contributed by atoms with Crippen LogP contribution in [0.25, 0.3) is 0 Å². The molecule has 1 saturated heterocycles. The number of amides is 2. The Balaban J connectivity index is 1.57. The van der Waals surface area contributed by atoms with Gasteiger partial charge in [-0.05, 0) is 46.7 Å². The summed E-state index contributed by atoms with van der Waals surface area (Å²) in [6.45, 7) is 4.29. The summed E-state index contributed by atoms with van der Waals surface area (Å²) in [7, 11) is 0. The predicted molar refractivity (Wildman–Crippen MR) is 122 cm³/mol. The number of thioether (sulfide) groups is 1. The average molecular weight is 423 g/mol. The summed E-state index contributed by atoms with van der Waals surface area (Å²) < 4.78 is 0. The van der Waals surface area contributed by atoms with E-state index in [1.54, 1.807) is 17.8 Å². The minimum Gasteiger partial charge on any atom is -0.321 e. The molecule has 1 aromatic heterocycles. The van der Waals surface area contributed by atoms with Crippen LogP contribution in [0.3, 0.4) is 0 Å². The van der Waals surface area contributed by atoms with E-state index in [4.69, 9.17) is 0 Å². The third-order valence-electron chi connectivity index (χ3n) is 4.88. The van der Waals surface area contributed by atoms with Gasteiger partial charge in [0.05, 0.1) is 10.6 Å². The Hall–Kier alpha value is -2.57. The number of anilines is 2. The van der Waals surface area contributed by atoms with Crippen LogP contribution >= 0.6 is 23.1 Å². The molecule has 1 atom stereocenters. The van der Waals surface area contributed by atoms with Gasteiger partial charge in [-0.3, -0.25) is 14.5 Å². The van der Waals surface area contributed by atoms with E-state index in [9.17, 15) is 9.59 Å². The van der Waals surface area contributed by atoms with Crippen LogP contribution in [0.15, 0.2) is 66.0 Å². The smallest absolute Gasteiger partial charge is 0.265 e. The van der Waals surface area contributed by atoms with Crippen molar-refractivity contribution < 1.29 is 9.59 Å². The van der Waals surface area contributed by atoms with E-state index in [-0.39, 0.29) is 17.2 Å². The first-order valence-electron chi connectivity index (χ1n) is 9.52. The lowest BCUT2D eigenvalue weighted by Gasteiger charge is -2.27. The van der Waals surface area contributed by atoms with Crippen molar-refractivity contribution in [3.05, 3.63) is 82.0 Å². The van der Waals surface area contributed by atoms with Gasteiger partial charge >= 0.3 is 0 Å². The van der Waals surface area contributed by atoms with Crippen LogP contribution in [0.5, 0.6) is 0 Å². The fraction of sp³-hybridized carbons (Fsp3) is 0.217. The Kier molecular flexibility index (Phi) is 5.74. The van der Waals surface area contributed by atoms with Crippen molar-refractivity contribution in [3.8, 4) is 0 Å². The van der Waals surface area contributed by atoms with Crippen LogP contribution < -0.4 is 10.2 Å². The zero-order chi connectivity index (χ0) is 20.4. The highest BCUT2D eigenvalue weighted by Gasteiger charge is 2.35. The van der Waals surface area contributed by atoms with Crippen molar-refractivity contribution in [2.45, 2.75) is 25.1 Å². The van der Waals surface area contributed by atoms with Crippen LogP contribution in [-0.2, 0) is 4.79 Å². The van der Waals surface area contributed by atoms with E-state index in [1.165, 1.54) is 16.9 Å². The van der Waals surface area contributed by atoms with Crippen molar-refractivity contribution >= 4 is 46.3 Å². The summed E-state index contributed by atoms with van der Waals surface area (Å²) in [6.07, 6.45) is 0. The number of benzene rings is 2. The van der Waals surface area contributed by atoms with Gasteiger partial charge < -0.3 is 5.32 Å². The monoisotopic (exact) mass is 422 g/mol. The lowest BCUT2D eigenvalue weighted by atomic mass is 10.00. The molecule has 0 saturated carbocycles. The summed E-state index contributed by atoms with van der Waals surface area (Å²) in [5.41, 5.74) is 3.95. The number of rotatable bonds is 5. The van der Waals surface area contributed by atoms with Crippen molar-refractivity contribution in [2.24, 2.45) is 0 Å². The summed E-state index contributed by atoms with van der Waals surface area (Å²) in [5, 5.41) is 4.74. The molecular weight excluding hydrogens is 400 g/mol. The molecular formula is C23H22N2O2S2. The number of nitrogens with one attached hydrogen (secondary N) is 1. The van der Waals surface area contributed by atoms with Gasteiger partial charge in [0.2, 0.25) is 5.91 Å². The van der Waals surface area contributed by atoms with E-state index in [0.29, 0.717) is 16.5 Å². The Morgan fingerprint density at radius 2 is 1.83 bits per heavy atom. The van der Waals surface area contributed by atoms with Crippen LogP contribution in [0.1, 0.15) is 45.9 Å². The molecule has 6 heteroatoms. The number of hydrogen-bond donors (Lipinski definition) is 1. The maximum atomic E-state index is 12.7. The van der Waals surface area contributed by atoms with Crippen molar-refractivity contribution in [3.63, 3.8) is 0 Å². The fourth-order valence-corrected chi connectivity index (χ4v) is 5.25. The lowest BCUT2D eigenvalue weighted by Crippen LogP contribution is -2.29. The standard InChI is InChI=1S/C23H22N2O2S2/c1-15(2)18-6-3-4-7-19(18)25-21(26)14-29-23(25)16-9-11-17(12-10-16)24-22(27)20-8-5-13-28-20/h3-13,15,23H,14H2,1-2H3,(H,24,27). The van der Waals surface area contributed by atoms with Gasteiger partial charge in [0.1, 0.15) is 5.37 Å². The van der Waals surface area contributed by atoms with Crippen molar-refractivity contribution in [2.75, 3.05) is 16.0 Å². The molecule has 4 nitrogen and oxygen atoms in total. The molecule has 4 rings (SSSR count). The predicted octanol–water partition coefficient (Wildman–Crippen LogP) is 5.90. The van der Waals surface area contributed by atoms with Gasteiger partial charge in [0.25, 0.3) is 5.91 Å². The second kappa shape index (κ2) is 8.43. The molecule has 1 aliphatic rings. The van der Waals surface area contributed by atoms with E-state index >= 15 is 0 Å². The molecule has 2 heterocycles. The van der Waals surface area contributed by atoms with Gasteiger partial charge in [-0.15, -0.1) is 23.1 Å². The first-order valence-corrected chi connectivity index (χ1v) is 11.4. The van der Waals surface area contributed by atoms with Crippen LogP contribution in [0, 0.1) is 0 Å². The van der Waals surface area contributed by atoms with Crippen molar-refractivity contribution in [1.82, 2.24) is 0 Å². The molecule has 2 aromatic carbocycles. The summed E-state index contributed by atoms with van der Waals surface area (Å²) in [6, 6.07) is 19.6. The summed E-state index contributed by atoms with van der Waals surface area (Å²) in [4.78, 5) is 27.6. The zero-order valence-corrected chi connectivity index (χ0v) is 17.9. The maximum absolute atomic E-state index is 12.7. The number of nitrogens with zero attached hydrogens (tertiary/aromatic N) is 1. The molecule has 1 aliphatic heterocycles. The minimum atomic E-state index is -0.106. The van der Waals surface area contributed by atoms with Gasteiger partial charge in [0.15, 0.2) is 0 Å². The molecule has 1 fully saturated rings. The first kappa shape index (κ1) is 19.7. The zero-order valence-electron chi connectivity index (χ0n) is 16.3. The van der Waals surface area contributed by atoms with Crippen LogP contribution in [0.4, 0.5) is 11.4 Å². The number of para-hydroxylation sites is 1. The van der Waals surface area contributed by atoms with Crippen molar-refractivity contribution in [1.29, 1.82) is 0 Å². The Morgan fingerprint density at radius 1 is 1.07 bits per heavy atom. The molecule has 148 valence electrons. The Morgan fingerprint density at radius 3 is 2.52 bits per heavy atom.